The van der Waals surface area contributed by atoms with Crippen molar-refractivity contribution in [3.8, 4) is 11.5 Å². The van der Waals surface area contributed by atoms with Gasteiger partial charge in [0.15, 0.2) is 0 Å². The van der Waals surface area contributed by atoms with Crippen molar-refractivity contribution in [1.82, 2.24) is 10.1 Å². The van der Waals surface area contributed by atoms with Gasteiger partial charge in [0.1, 0.15) is 0 Å². The van der Waals surface area contributed by atoms with Crippen LogP contribution in [0.15, 0.2) is 27.2 Å². The number of anilines is 2. The lowest BCUT2D eigenvalue weighted by Gasteiger charge is -2.03. The van der Waals surface area contributed by atoms with Gasteiger partial charge in [0.05, 0.1) is 5.56 Å². The van der Waals surface area contributed by atoms with E-state index in [1.165, 1.54) is 0 Å². The summed E-state index contributed by atoms with van der Waals surface area (Å²) in [5.41, 5.74) is 7.18. The summed E-state index contributed by atoms with van der Waals surface area (Å²) in [6.07, 6.45) is 0. The lowest BCUT2D eigenvalue weighted by atomic mass is 10.2. The van der Waals surface area contributed by atoms with Crippen LogP contribution in [0.25, 0.3) is 11.5 Å². The molecule has 6 heteroatoms. The van der Waals surface area contributed by atoms with Crippen LogP contribution in [0.2, 0.25) is 0 Å². The van der Waals surface area contributed by atoms with E-state index in [4.69, 9.17) is 10.3 Å². The van der Waals surface area contributed by atoms with Crippen LogP contribution in [-0.4, -0.2) is 24.2 Å². The quantitative estimate of drug-likeness (QED) is 0.855. The standard InChI is InChI=1S/C10H11BrN4O/c1-15(2)10-13-9(16-14-10)7-5-6(11)3-4-8(7)12/h3-5H,12H2,1-2H3. The van der Waals surface area contributed by atoms with E-state index in [2.05, 4.69) is 26.1 Å². The summed E-state index contributed by atoms with van der Waals surface area (Å²) in [6, 6.07) is 5.50. The molecule has 2 rings (SSSR count). The molecule has 0 spiro atoms. The van der Waals surface area contributed by atoms with Crippen LogP contribution < -0.4 is 10.6 Å². The minimum atomic E-state index is 0.419. The van der Waals surface area contributed by atoms with E-state index < -0.39 is 0 Å². The predicted molar refractivity (Wildman–Crippen MR) is 66.2 cm³/mol. The van der Waals surface area contributed by atoms with Gasteiger partial charge in [0.2, 0.25) is 0 Å². The Morgan fingerprint density at radius 1 is 1.38 bits per heavy atom. The normalized spacial score (nSPS) is 10.4. The van der Waals surface area contributed by atoms with E-state index in [0.717, 1.165) is 10.0 Å². The van der Waals surface area contributed by atoms with Crippen LogP contribution in [-0.2, 0) is 0 Å². The molecule has 1 aromatic heterocycles. The van der Waals surface area contributed by atoms with E-state index in [1.54, 1.807) is 11.0 Å². The molecule has 0 saturated carbocycles. The molecule has 0 aliphatic rings. The number of rotatable bonds is 2. The van der Waals surface area contributed by atoms with Crippen LogP contribution >= 0.6 is 15.9 Å². The van der Waals surface area contributed by atoms with Crippen molar-refractivity contribution in [3.63, 3.8) is 0 Å². The zero-order valence-electron chi connectivity index (χ0n) is 8.94. The molecule has 0 aliphatic carbocycles. The number of hydrogen-bond donors (Lipinski definition) is 1. The average Bonchev–Trinajstić information content (AvgIpc) is 2.70. The molecule has 0 fully saturated rings. The molecule has 0 amide bonds. The van der Waals surface area contributed by atoms with Gasteiger partial charge in [0.25, 0.3) is 11.8 Å². The summed E-state index contributed by atoms with van der Waals surface area (Å²) in [7, 11) is 3.69. The average molecular weight is 283 g/mol. The Labute approximate surface area is 101 Å². The maximum atomic E-state index is 5.84. The van der Waals surface area contributed by atoms with E-state index in [1.807, 2.05) is 26.2 Å². The Morgan fingerprint density at radius 2 is 2.12 bits per heavy atom. The highest BCUT2D eigenvalue weighted by molar-refractivity contribution is 9.10. The van der Waals surface area contributed by atoms with Crippen molar-refractivity contribution < 1.29 is 4.52 Å². The lowest BCUT2D eigenvalue weighted by Crippen LogP contribution is -2.10. The van der Waals surface area contributed by atoms with Crippen molar-refractivity contribution >= 4 is 27.6 Å². The fraction of sp³-hybridized carbons (Fsp3) is 0.200. The Kier molecular flexibility index (Phi) is 2.82. The third-order valence-electron chi connectivity index (χ3n) is 2.06. The van der Waals surface area contributed by atoms with Gasteiger partial charge in [-0.3, -0.25) is 0 Å². The summed E-state index contributed by atoms with van der Waals surface area (Å²) >= 11 is 3.37. The second-order valence-electron chi connectivity index (χ2n) is 3.53. The van der Waals surface area contributed by atoms with Crippen LogP contribution in [0.1, 0.15) is 0 Å². The summed E-state index contributed by atoms with van der Waals surface area (Å²) in [5, 5.41) is 3.83. The van der Waals surface area contributed by atoms with Crippen LogP contribution in [0.5, 0.6) is 0 Å². The zero-order chi connectivity index (χ0) is 11.7. The second-order valence-corrected chi connectivity index (χ2v) is 4.44. The zero-order valence-corrected chi connectivity index (χ0v) is 10.5. The molecular formula is C10H11BrN4O. The third-order valence-corrected chi connectivity index (χ3v) is 2.55. The number of nitrogens with zero attached hydrogens (tertiary/aromatic N) is 3. The highest BCUT2D eigenvalue weighted by atomic mass is 79.9. The molecule has 84 valence electrons. The Balaban J connectivity index is 2.46. The Hall–Kier alpha value is -1.56. The molecule has 0 radical (unpaired) electrons. The maximum Gasteiger partial charge on any atom is 0.265 e. The Bertz CT molecular complexity index is 509. The van der Waals surface area contributed by atoms with E-state index >= 15 is 0 Å². The molecule has 0 aliphatic heterocycles. The molecule has 16 heavy (non-hydrogen) atoms. The number of benzene rings is 1. The van der Waals surface area contributed by atoms with E-state index in [-0.39, 0.29) is 0 Å². The summed E-state index contributed by atoms with van der Waals surface area (Å²) in [5.74, 6) is 0.942. The molecular weight excluding hydrogens is 272 g/mol. The van der Waals surface area contributed by atoms with Crippen LogP contribution in [0.3, 0.4) is 0 Å². The highest BCUT2D eigenvalue weighted by Gasteiger charge is 2.12. The maximum absolute atomic E-state index is 5.84. The fourth-order valence-electron chi connectivity index (χ4n) is 1.22. The molecule has 0 saturated heterocycles. The molecule has 0 atom stereocenters. The topological polar surface area (TPSA) is 68.2 Å². The van der Waals surface area contributed by atoms with Crippen molar-refractivity contribution in [2.45, 2.75) is 0 Å². The van der Waals surface area contributed by atoms with Gasteiger partial charge in [-0.15, -0.1) is 0 Å². The summed E-state index contributed by atoms with van der Waals surface area (Å²) in [4.78, 5) is 5.99. The number of hydrogen-bond acceptors (Lipinski definition) is 5. The molecule has 1 heterocycles. The summed E-state index contributed by atoms with van der Waals surface area (Å²) < 4.78 is 6.06. The monoisotopic (exact) mass is 282 g/mol. The SMILES string of the molecule is CN(C)c1noc(-c2cc(Br)ccc2N)n1. The van der Waals surface area contributed by atoms with Gasteiger partial charge in [-0.1, -0.05) is 15.9 Å². The highest BCUT2D eigenvalue weighted by Crippen LogP contribution is 2.28. The second kappa shape index (κ2) is 4.13. The molecule has 2 N–H and O–H groups in total. The van der Waals surface area contributed by atoms with Crippen molar-refractivity contribution in [2.24, 2.45) is 0 Å². The molecule has 0 unspecified atom stereocenters. The van der Waals surface area contributed by atoms with Crippen molar-refractivity contribution in [3.05, 3.63) is 22.7 Å². The first kappa shape index (κ1) is 10.9. The minimum Gasteiger partial charge on any atom is -0.398 e. The van der Waals surface area contributed by atoms with Gasteiger partial charge < -0.3 is 15.2 Å². The molecule has 5 nitrogen and oxygen atoms in total. The van der Waals surface area contributed by atoms with Crippen LogP contribution in [0, 0.1) is 0 Å². The number of nitrogens with two attached hydrogens (primary N) is 1. The van der Waals surface area contributed by atoms with Gasteiger partial charge in [-0.2, -0.15) is 4.98 Å². The first-order valence-corrected chi connectivity index (χ1v) is 5.43. The molecule has 0 bridgehead atoms. The number of halogens is 1. The van der Waals surface area contributed by atoms with E-state index in [9.17, 15) is 0 Å². The molecule has 1 aromatic carbocycles. The van der Waals surface area contributed by atoms with Crippen molar-refractivity contribution in [2.75, 3.05) is 24.7 Å². The predicted octanol–water partition coefficient (Wildman–Crippen LogP) is 2.15. The van der Waals surface area contributed by atoms with Gasteiger partial charge >= 0.3 is 0 Å². The lowest BCUT2D eigenvalue weighted by molar-refractivity contribution is 0.431. The summed E-state index contributed by atoms with van der Waals surface area (Å²) in [6.45, 7) is 0. The largest absolute Gasteiger partial charge is 0.398 e. The minimum absolute atomic E-state index is 0.419. The fourth-order valence-corrected chi connectivity index (χ4v) is 1.58. The van der Waals surface area contributed by atoms with Crippen LogP contribution in [0.4, 0.5) is 11.6 Å². The molecule has 2 aromatic rings. The van der Waals surface area contributed by atoms with Gasteiger partial charge in [-0.05, 0) is 23.4 Å². The van der Waals surface area contributed by atoms with Crippen molar-refractivity contribution in [1.29, 1.82) is 0 Å². The first-order valence-electron chi connectivity index (χ1n) is 4.64. The Morgan fingerprint density at radius 3 is 2.75 bits per heavy atom. The smallest absolute Gasteiger partial charge is 0.265 e. The number of nitrogen functional groups attached to an aromatic ring is 1. The van der Waals surface area contributed by atoms with E-state index in [0.29, 0.717) is 17.5 Å². The van der Waals surface area contributed by atoms with Gasteiger partial charge in [0, 0.05) is 24.3 Å². The third kappa shape index (κ3) is 2.01. The van der Waals surface area contributed by atoms with Gasteiger partial charge in [-0.25, -0.2) is 0 Å². The first-order chi connectivity index (χ1) is 7.58. The number of aromatic nitrogens is 2.